The Bertz CT molecular complexity index is 3200. The SMILES string of the molecule is c1ccc(-c2ccc3ccc4ccc(-c5ccc(-c6ccc(-c7nc8cc9ccccc9cc8c8c7sc7ccccc78)cc6)cc5)nc4c3n2)cc1. The molecule has 0 saturated heterocycles. The summed E-state index contributed by atoms with van der Waals surface area (Å²) in [7, 11) is 0. The van der Waals surface area contributed by atoms with Crippen LogP contribution in [0.2, 0.25) is 0 Å². The largest absolute Gasteiger partial charge is 0.246 e. The number of pyridine rings is 3. The highest BCUT2D eigenvalue weighted by atomic mass is 32.1. The molecular formula is C49H29N3S. The van der Waals surface area contributed by atoms with E-state index < -0.39 is 0 Å². The van der Waals surface area contributed by atoms with Gasteiger partial charge >= 0.3 is 0 Å². The summed E-state index contributed by atoms with van der Waals surface area (Å²) in [5.41, 5.74) is 11.4. The molecule has 11 aromatic rings. The Morgan fingerprint density at radius 1 is 0.358 bits per heavy atom. The smallest absolute Gasteiger partial charge is 0.0972 e. The van der Waals surface area contributed by atoms with Crippen LogP contribution < -0.4 is 0 Å². The molecule has 7 aromatic carbocycles. The Balaban J connectivity index is 0.955. The summed E-state index contributed by atoms with van der Waals surface area (Å²) in [5.74, 6) is 0. The molecule has 0 N–H and O–H groups in total. The van der Waals surface area contributed by atoms with E-state index in [1.807, 2.05) is 29.5 Å². The van der Waals surface area contributed by atoms with E-state index in [-0.39, 0.29) is 0 Å². The third-order valence-corrected chi connectivity index (χ3v) is 11.6. The molecule has 3 nitrogen and oxygen atoms in total. The number of benzene rings is 7. The van der Waals surface area contributed by atoms with Crippen LogP contribution in [0.3, 0.4) is 0 Å². The van der Waals surface area contributed by atoms with Crippen molar-refractivity contribution in [3.05, 3.63) is 176 Å². The molecule has 0 aliphatic carbocycles. The second kappa shape index (κ2) is 11.9. The van der Waals surface area contributed by atoms with Gasteiger partial charge < -0.3 is 0 Å². The highest BCUT2D eigenvalue weighted by molar-refractivity contribution is 7.26. The van der Waals surface area contributed by atoms with E-state index >= 15 is 0 Å². The number of aromatic nitrogens is 3. The topological polar surface area (TPSA) is 38.7 Å². The van der Waals surface area contributed by atoms with Crippen molar-refractivity contribution < 1.29 is 0 Å². The lowest BCUT2D eigenvalue weighted by Gasteiger charge is -2.10. The first kappa shape index (κ1) is 29.9. The second-order valence-electron chi connectivity index (χ2n) is 13.6. The van der Waals surface area contributed by atoms with Crippen LogP contribution in [-0.4, -0.2) is 15.0 Å². The van der Waals surface area contributed by atoms with Gasteiger partial charge in [-0.3, -0.25) is 0 Å². The van der Waals surface area contributed by atoms with E-state index in [9.17, 15) is 0 Å². The lowest BCUT2D eigenvalue weighted by molar-refractivity contribution is 1.36. The summed E-state index contributed by atoms with van der Waals surface area (Å²) in [6.45, 7) is 0. The molecule has 0 spiro atoms. The zero-order chi connectivity index (χ0) is 34.9. The average Bonchev–Trinajstić information content (AvgIpc) is 3.63. The predicted octanol–water partition coefficient (Wildman–Crippen LogP) is 13.5. The maximum Gasteiger partial charge on any atom is 0.0972 e. The van der Waals surface area contributed by atoms with Crippen LogP contribution in [0.15, 0.2) is 176 Å². The molecule has 4 heteroatoms. The van der Waals surface area contributed by atoms with Gasteiger partial charge in [0.2, 0.25) is 0 Å². The van der Waals surface area contributed by atoms with Gasteiger partial charge in [0.25, 0.3) is 0 Å². The Kier molecular flexibility index (Phi) is 6.73. The first-order chi connectivity index (χ1) is 26.2. The minimum atomic E-state index is 0.917. The molecule has 0 unspecified atom stereocenters. The Labute approximate surface area is 309 Å². The Morgan fingerprint density at radius 3 is 1.57 bits per heavy atom. The lowest BCUT2D eigenvalue weighted by atomic mass is 9.98. The predicted molar refractivity (Wildman–Crippen MR) is 224 cm³/mol. The van der Waals surface area contributed by atoms with E-state index in [4.69, 9.17) is 15.0 Å². The van der Waals surface area contributed by atoms with Gasteiger partial charge in [-0.25, -0.2) is 15.0 Å². The number of fused-ring (bicyclic) bond motifs is 9. The number of rotatable bonds is 4. The number of hydrogen-bond donors (Lipinski definition) is 0. The van der Waals surface area contributed by atoms with Crippen LogP contribution in [0.4, 0.5) is 0 Å². The molecule has 0 atom stereocenters. The Hall–Kier alpha value is -6.75. The lowest BCUT2D eigenvalue weighted by Crippen LogP contribution is -1.91. The molecule has 0 aliphatic heterocycles. The average molecular weight is 692 g/mol. The van der Waals surface area contributed by atoms with Crippen molar-refractivity contribution in [1.82, 2.24) is 15.0 Å². The van der Waals surface area contributed by atoms with E-state index in [1.54, 1.807) is 0 Å². The molecule has 11 rings (SSSR count). The quantitative estimate of drug-likeness (QED) is 0.136. The van der Waals surface area contributed by atoms with Crippen molar-refractivity contribution in [1.29, 1.82) is 0 Å². The molecule has 0 bridgehead atoms. The molecular weight excluding hydrogens is 663 g/mol. The first-order valence-electron chi connectivity index (χ1n) is 17.8. The maximum absolute atomic E-state index is 5.33. The van der Waals surface area contributed by atoms with Crippen molar-refractivity contribution in [2.45, 2.75) is 0 Å². The summed E-state index contributed by atoms with van der Waals surface area (Å²) < 4.78 is 2.51. The third kappa shape index (κ3) is 4.99. The van der Waals surface area contributed by atoms with Crippen LogP contribution in [0.1, 0.15) is 0 Å². The van der Waals surface area contributed by atoms with Crippen LogP contribution >= 0.6 is 11.3 Å². The van der Waals surface area contributed by atoms with Crippen molar-refractivity contribution >= 4 is 75.0 Å². The van der Waals surface area contributed by atoms with Crippen LogP contribution in [0, 0.1) is 0 Å². The fraction of sp³-hybridized carbons (Fsp3) is 0. The third-order valence-electron chi connectivity index (χ3n) is 10.4. The van der Waals surface area contributed by atoms with E-state index in [0.717, 1.165) is 72.2 Å². The van der Waals surface area contributed by atoms with E-state index in [1.165, 1.54) is 36.3 Å². The summed E-state index contributed by atoms with van der Waals surface area (Å²) >= 11 is 1.83. The molecule has 0 radical (unpaired) electrons. The molecule has 4 heterocycles. The van der Waals surface area contributed by atoms with E-state index in [0.29, 0.717) is 0 Å². The molecule has 0 aliphatic rings. The highest BCUT2D eigenvalue weighted by Gasteiger charge is 2.17. The summed E-state index contributed by atoms with van der Waals surface area (Å²) in [4.78, 5) is 15.6. The fourth-order valence-corrected chi connectivity index (χ4v) is 8.95. The fourth-order valence-electron chi connectivity index (χ4n) is 7.72. The minimum absolute atomic E-state index is 0.917. The normalized spacial score (nSPS) is 11.8. The van der Waals surface area contributed by atoms with Gasteiger partial charge in [0.15, 0.2) is 0 Å². The van der Waals surface area contributed by atoms with E-state index in [2.05, 4.69) is 158 Å². The van der Waals surface area contributed by atoms with Gasteiger partial charge in [0, 0.05) is 48.3 Å². The zero-order valence-corrected chi connectivity index (χ0v) is 29.3. The monoisotopic (exact) mass is 691 g/mol. The van der Waals surface area contributed by atoms with Crippen molar-refractivity contribution in [3.63, 3.8) is 0 Å². The van der Waals surface area contributed by atoms with Gasteiger partial charge in [-0.2, -0.15) is 0 Å². The van der Waals surface area contributed by atoms with Crippen molar-refractivity contribution in [2.24, 2.45) is 0 Å². The van der Waals surface area contributed by atoms with Crippen molar-refractivity contribution in [3.8, 4) is 44.9 Å². The number of nitrogens with zero attached hydrogens (tertiary/aromatic N) is 3. The van der Waals surface area contributed by atoms with Gasteiger partial charge in [-0.15, -0.1) is 11.3 Å². The summed E-state index contributed by atoms with van der Waals surface area (Å²) in [6.07, 6.45) is 0. The zero-order valence-electron chi connectivity index (χ0n) is 28.5. The van der Waals surface area contributed by atoms with Gasteiger partial charge in [0.05, 0.1) is 38.3 Å². The number of thiophene rings is 1. The number of hydrogen-bond acceptors (Lipinski definition) is 4. The van der Waals surface area contributed by atoms with Gasteiger partial charge in [0.1, 0.15) is 0 Å². The standard InChI is InChI=1S/C49H29N3S/c1-2-8-32(9-3-1)41-26-24-34-22-23-35-25-27-42(51-47(35)46(34)50-41)33-18-14-30(15-19-33)31-16-20-36(21-17-31)48-49-45(39-12-6-7-13-44(39)53-49)40-28-37-10-4-5-11-38(37)29-43(40)52-48/h1-29H. The first-order valence-corrected chi connectivity index (χ1v) is 18.7. The second-order valence-corrected chi connectivity index (χ2v) is 14.7. The maximum atomic E-state index is 5.33. The molecule has 246 valence electrons. The molecule has 0 amide bonds. The van der Waals surface area contributed by atoms with Crippen molar-refractivity contribution in [2.75, 3.05) is 0 Å². The van der Waals surface area contributed by atoms with Crippen LogP contribution in [0.5, 0.6) is 0 Å². The Morgan fingerprint density at radius 2 is 0.887 bits per heavy atom. The van der Waals surface area contributed by atoms with Crippen LogP contribution in [0.25, 0.3) is 109 Å². The molecule has 0 fully saturated rings. The molecule has 0 saturated carbocycles. The van der Waals surface area contributed by atoms with Gasteiger partial charge in [-0.1, -0.05) is 146 Å². The minimum Gasteiger partial charge on any atom is -0.246 e. The van der Waals surface area contributed by atoms with Gasteiger partial charge in [-0.05, 0) is 52.2 Å². The molecule has 53 heavy (non-hydrogen) atoms. The summed E-state index contributed by atoms with van der Waals surface area (Å²) in [6, 6.07) is 62.5. The highest BCUT2D eigenvalue weighted by Crippen LogP contribution is 2.44. The summed E-state index contributed by atoms with van der Waals surface area (Å²) in [5, 5.41) is 8.39. The van der Waals surface area contributed by atoms with Crippen LogP contribution in [-0.2, 0) is 0 Å². The molecule has 4 aromatic heterocycles.